The zero-order chi connectivity index (χ0) is 20.2. The molecule has 1 aromatic heterocycles. The van der Waals surface area contributed by atoms with E-state index in [1.165, 1.54) is 0 Å². The molecule has 0 unspecified atom stereocenters. The van der Waals surface area contributed by atoms with Crippen molar-refractivity contribution in [1.82, 2.24) is 4.98 Å². The van der Waals surface area contributed by atoms with E-state index >= 15 is 0 Å². The monoisotopic (exact) mass is 391 g/mol. The molecule has 0 radical (unpaired) electrons. The quantitative estimate of drug-likeness (QED) is 0.658. The summed E-state index contributed by atoms with van der Waals surface area (Å²) in [4.78, 5) is 29.5. The average molecular weight is 392 g/mol. The predicted octanol–water partition coefficient (Wildman–Crippen LogP) is 4.86. The van der Waals surface area contributed by atoms with Crippen LogP contribution in [0.1, 0.15) is 62.7 Å². The van der Waals surface area contributed by atoms with E-state index in [2.05, 4.69) is 0 Å². The lowest BCUT2D eigenvalue weighted by Gasteiger charge is -2.24. The first-order chi connectivity index (χ1) is 12.7. The minimum atomic E-state index is -0.435. The van der Waals surface area contributed by atoms with Gasteiger partial charge in [0.2, 0.25) is 0 Å². The third-order valence-electron chi connectivity index (χ3n) is 4.13. The van der Waals surface area contributed by atoms with Crippen LogP contribution in [-0.2, 0) is 26.1 Å². The lowest BCUT2D eigenvalue weighted by molar-refractivity contribution is -0.143. The molecule has 1 heterocycles. The predicted molar refractivity (Wildman–Crippen MR) is 106 cm³/mol. The summed E-state index contributed by atoms with van der Waals surface area (Å²) >= 11 is 6.19. The highest BCUT2D eigenvalue weighted by Crippen LogP contribution is 2.33. The van der Waals surface area contributed by atoms with Crippen molar-refractivity contribution in [2.45, 2.75) is 52.9 Å². The van der Waals surface area contributed by atoms with Crippen molar-refractivity contribution in [3.63, 3.8) is 0 Å². The maximum absolute atomic E-state index is 12.8. The number of hydrogen-bond acceptors (Lipinski definition) is 5. The molecule has 0 saturated heterocycles. The van der Waals surface area contributed by atoms with Gasteiger partial charge in [-0.05, 0) is 44.0 Å². The van der Waals surface area contributed by atoms with Crippen LogP contribution >= 0.6 is 11.6 Å². The van der Waals surface area contributed by atoms with Gasteiger partial charge in [0.25, 0.3) is 0 Å². The number of benzene rings is 1. The highest BCUT2D eigenvalue weighted by Gasteiger charge is 2.29. The van der Waals surface area contributed by atoms with Gasteiger partial charge in [0.15, 0.2) is 0 Å². The van der Waals surface area contributed by atoms with Gasteiger partial charge in [-0.3, -0.25) is 9.78 Å². The van der Waals surface area contributed by atoms with E-state index in [0.717, 1.165) is 16.5 Å². The number of halogens is 1. The highest BCUT2D eigenvalue weighted by atomic mass is 35.5. The number of esters is 2. The number of rotatable bonds is 6. The van der Waals surface area contributed by atoms with Crippen LogP contribution in [0.4, 0.5) is 0 Å². The molecule has 0 aliphatic rings. The van der Waals surface area contributed by atoms with Crippen molar-refractivity contribution in [3.05, 3.63) is 40.0 Å². The number of carbonyl (C=O) groups is 2. The molecular formula is C21H26ClNO4. The van der Waals surface area contributed by atoms with E-state index in [0.29, 0.717) is 29.3 Å². The molecular weight excluding hydrogens is 366 g/mol. The van der Waals surface area contributed by atoms with E-state index in [9.17, 15) is 9.59 Å². The standard InChI is InChI=1S/C21H26ClNO4/c1-6-26-17(24)11-9-14-15-12-13(22)8-10-16(15)23-19(21(3,4)5)18(14)20(25)27-7-2/h8,10,12H,6-7,9,11H2,1-5H3. The van der Waals surface area contributed by atoms with Gasteiger partial charge in [-0.2, -0.15) is 0 Å². The Morgan fingerprint density at radius 1 is 1.11 bits per heavy atom. The second-order valence-electron chi connectivity index (χ2n) is 7.25. The molecule has 0 bridgehead atoms. The molecule has 146 valence electrons. The van der Waals surface area contributed by atoms with Crippen LogP contribution in [0, 0.1) is 0 Å². The summed E-state index contributed by atoms with van der Waals surface area (Å²) in [5.74, 6) is -0.743. The van der Waals surface area contributed by atoms with Crippen LogP contribution in [-0.4, -0.2) is 30.1 Å². The Bertz CT molecular complexity index is 855. The first-order valence-corrected chi connectivity index (χ1v) is 9.52. The SMILES string of the molecule is CCOC(=O)CCc1c(C(=O)OCC)c(C(C)(C)C)nc2ccc(Cl)cc12. The molecule has 5 nitrogen and oxygen atoms in total. The summed E-state index contributed by atoms with van der Waals surface area (Å²) in [6, 6.07) is 5.37. The number of fused-ring (bicyclic) bond motifs is 1. The van der Waals surface area contributed by atoms with Crippen molar-refractivity contribution < 1.29 is 19.1 Å². The molecule has 0 aliphatic heterocycles. The van der Waals surface area contributed by atoms with Gasteiger partial charge in [0.05, 0.1) is 30.0 Å². The van der Waals surface area contributed by atoms with Crippen molar-refractivity contribution in [2.24, 2.45) is 0 Å². The van der Waals surface area contributed by atoms with Crippen LogP contribution in [0.5, 0.6) is 0 Å². The smallest absolute Gasteiger partial charge is 0.340 e. The molecule has 2 rings (SSSR count). The van der Waals surface area contributed by atoms with Crippen molar-refractivity contribution >= 4 is 34.4 Å². The molecule has 1 aromatic carbocycles. The van der Waals surface area contributed by atoms with Gasteiger partial charge < -0.3 is 9.47 Å². The third kappa shape index (κ3) is 4.98. The van der Waals surface area contributed by atoms with Crippen molar-refractivity contribution in [1.29, 1.82) is 0 Å². The van der Waals surface area contributed by atoms with Gasteiger partial charge in [0, 0.05) is 22.2 Å². The third-order valence-corrected chi connectivity index (χ3v) is 4.36. The Labute approximate surface area is 165 Å². The average Bonchev–Trinajstić information content (AvgIpc) is 2.58. The molecule has 0 fully saturated rings. The molecule has 2 aromatic rings. The van der Waals surface area contributed by atoms with Crippen LogP contribution in [0.3, 0.4) is 0 Å². The molecule has 6 heteroatoms. The maximum atomic E-state index is 12.8. The Morgan fingerprint density at radius 2 is 1.78 bits per heavy atom. The topological polar surface area (TPSA) is 65.5 Å². The number of ether oxygens (including phenoxy) is 2. The summed E-state index contributed by atoms with van der Waals surface area (Å²) in [6.07, 6.45) is 0.505. The summed E-state index contributed by atoms with van der Waals surface area (Å²) in [6.45, 7) is 10.1. The first-order valence-electron chi connectivity index (χ1n) is 9.14. The molecule has 0 saturated carbocycles. The molecule has 0 N–H and O–H groups in total. The van der Waals surface area contributed by atoms with E-state index in [1.54, 1.807) is 26.0 Å². The molecule has 0 aliphatic carbocycles. The fourth-order valence-corrected chi connectivity index (χ4v) is 3.16. The summed E-state index contributed by atoms with van der Waals surface area (Å²) in [5, 5.41) is 1.29. The lowest BCUT2D eigenvalue weighted by atomic mass is 9.84. The Balaban J connectivity index is 2.74. The number of hydrogen-bond donors (Lipinski definition) is 0. The maximum Gasteiger partial charge on any atom is 0.340 e. The zero-order valence-corrected chi connectivity index (χ0v) is 17.3. The molecule has 27 heavy (non-hydrogen) atoms. The summed E-state index contributed by atoms with van der Waals surface area (Å²) in [5.41, 5.74) is 2.14. The minimum absolute atomic E-state index is 0.162. The fraction of sp³-hybridized carbons (Fsp3) is 0.476. The van der Waals surface area contributed by atoms with E-state index < -0.39 is 5.97 Å². The van der Waals surface area contributed by atoms with E-state index in [-0.39, 0.29) is 24.4 Å². The van der Waals surface area contributed by atoms with Gasteiger partial charge in [0.1, 0.15) is 0 Å². The van der Waals surface area contributed by atoms with Gasteiger partial charge in [-0.1, -0.05) is 32.4 Å². The Hall–Kier alpha value is -2.14. The number of aryl methyl sites for hydroxylation is 1. The van der Waals surface area contributed by atoms with Gasteiger partial charge in [-0.25, -0.2) is 4.79 Å². The van der Waals surface area contributed by atoms with Crippen molar-refractivity contribution in [2.75, 3.05) is 13.2 Å². The van der Waals surface area contributed by atoms with Crippen LogP contribution in [0.25, 0.3) is 10.9 Å². The fourth-order valence-electron chi connectivity index (χ4n) is 2.99. The second kappa shape index (κ2) is 8.70. The minimum Gasteiger partial charge on any atom is -0.466 e. The van der Waals surface area contributed by atoms with Gasteiger partial charge in [-0.15, -0.1) is 0 Å². The van der Waals surface area contributed by atoms with Crippen LogP contribution < -0.4 is 0 Å². The van der Waals surface area contributed by atoms with Crippen LogP contribution in [0.2, 0.25) is 5.02 Å². The second-order valence-corrected chi connectivity index (χ2v) is 7.69. The summed E-state index contributed by atoms with van der Waals surface area (Å²) < 4.78 is 10.4. The Morgan fingerprint density at radius 3 is 2.37 bits per heavy atom. The number of pyridine rings is 1. The van der Waals surface area contributed by atoms with E-state index in [4.69, 9.17) is 26.1 Å². The molecule has 0 amide bonds. The van der Waals surface area contributed by atoms with Gasteiger partial charge >= 0.3 is 11.9 Å². The van der Waals surface area contributed by atoms with Crippen molar-refractivity contribution in [3.8, 4) is 0 Å². The first kappa shape index (κ1) is 21.2. The molecule has 0 spiro atoms. The number of carbonyl (C=O) groups excluding carboxylic acids is 2. The largest absolute Gasteiger partial charge is 0.466 e. The Kier molecular flexibility index (Phi) is 6.82. The zero-order valence-electron chi connectivity index (χ0n) is 16.5. The summed E-state index contributed by atoms with van der Waals surface area (Å²) in [7, 11) is 0. The normalized spacial score (nSPS) is 11.5. The van der Waals surface area contributed by atoms with Crippen LogP contribution in [0.15, 0.2) is 18.2 Å². The van der Waals surface area contributed by atoms with E-state index in [1.807, 2.05) is 26.8 Å². The highest BCUT2D eigenvalue weighted by molar-refractivity contribution is 6.31. The number of aromatic nitrogens is 1. The molecule has 0 atom stereocenters. The lowest BCUT2D eigenvalue weighted by Crippen LogP contribution is -2.23. The number of nitrogens with zero attached hydrogens (tertiary/aromatic N) is 1.